The van der Waals surface area contributed by atoms with Crippen molar-refractivity contribution < 1.29 is 32.9 Å². The number of unbranched alkanes of at least 4 members (excludes halogenated alkanes) is 34. The van der Waals surface area contributed by atoms with Crippen molar-refractivity contribution in [3.8, 4) is 0 Å². The number of phosphoric acid groups is 1. The lowest BCUT2D eigenvalue weighted by molar-refractivity contribution is -0.870. The molecule has 0 saturated carbocycles. The molecular formula is C79H142N2O6P+. The van der Waals surface area contributed by atoms with E-state index in [1.165, 1.54) is 180 Å². The van der Waals surface area contributed by atoms with Gasteiger partial charge in [-0.2, -0.15) is 0 Å². The minimum Gasteiger partial charge on any atom is -0.391 e. The summed E-state index contributed by atoms with van der Waals surface area (Å²) in [6.45, 7) is 4.79. The first kappa shape index (κ1) is 84.9. The third-order valence-electron chi connectivity index (χ3n) is 16.2. The summed E-state index contributed by atoms with van der Waals surface area (Å²) < 4.78 is 23.9. The molecule has 9 heteroatoms. The van der Waals surface area contributed by atoms with Gasteiger partial charge in [-0.05, 0) is 89.9 Å². The van der Waals surface area contributed by atoms with Gasteiger partial charge in [0.2, 0.25) is 5.91 Å². The molecule has 0 aromatic rings. The topological polar surface area (TPSA) is 105 Å². The van der Waals surface area contributed by atoms with Crippen LogP contribution >= 0.6 is 7.82 Å². The van der Waals surface area contributed by atoms with Crippen LogP contribution in [0.15, 0.2) is 122 Å². The maximum Gasteiger partial charge on any atom is 0.472 e. The van der Waals surface area contributed by atoms with Crippen LogP contribution in [-0.2, 0) is 18.4 Å². The summed E-state index contributed by atoms with van der Waals surface area (Å²) in [4.78, 5) is 23.5. The number of aliphatic hydroxyl groups is 1. The molecule has 0 radical (unpaired) electrons. The lowest BCUT2D eigenvalue weighted by atomic mass is 10.0. The highest BCUT2D eigenvalue weighted by molar-refractivity contribution is 7.47. The first-order chi connectivity index (χ1) is 43.0. The fraction of sp³-hybridized carbons (Fsp3) is 0.734. The van der Waals surface area contributed by atoms with Crippen molar-refractivity contribution in [1.82, 2.24) is 5.32 Å². The summed E-state index contributed by atoms with van der Waals surface area (Å²) in [5, 5.41) is 14.2. The van der Waals surface area contributed by atoms with Crippen molar-refractivity contribution in [3.63, 3.8) is 0 Å². The highest BCUT2D eigenvalue weighted by Crippen LogP contribution is 2.43. The molecule has 3 atom stereocenters. The van der Waals surface area contributed by atoms with E-state index in [9.17, 15) is 19.4 Å². The van der Waals surface area contributed by atoms with Crippen molar-refractivity contribution >= 4 is 13.7 Å². The van der Waals surface area contributed by atoms with E-state index in [1.54, 1.807) is 0 Å². The summed E-state index contributed by atoms with van der Waals surface area (Å²) in [5.41, 5.74) is 0. The molecule has 0 bridgehead atoms. The first-order valence-corrected chi connectivity index (χ1v) is 38.4. The number of hydrogen-bond acceptors (Lipinski definition) is 5. The van der Waals surface area contributed by atoms with E-state index in [0.29, 0.717) is 23.9 Å². The SMILES string of the molecule is CC/C=C\C/C=C\C/C=C\C/C=C\C/C=C\C/C=C\C/C=C\C/C=C\C/C=C\C/C=C\CCCCCCCCC(=O)NC(COP(=O)(O)OCC[N+](C)(C)C)C(O)CCCCCCCCCCCCCCCCCCCCCCCCCCCCCCC. The van der Waals surface area contributed by atoms with E-state index in [0.717, 1.165) is 116 Å². The summed E-state index contributed by atoms with van der Waals surface area (Å²) in [5.74, 6) is -0.160. The molecule has 1 amide bonds. The Hall–Kier alpha value is -3.10. The molecule has 0 aromatic carbocycles. The second-order valence-corrected chi connectivity index (χ2v) is 27.4. The molecule has 8 nitrogen and oxygen atoms in total. The van der Waals surface area contributed by atoms with Gasteiger partial charge in [-0.3, -0.25) is 13.8 Å². The number of amides is 1. The van der Waals surface area contributed by atoms with Gasteiger partial charge in [-0.25, -0.2) is 4.57 Å². The summed E-state index contributed by atoms with van der Waals surface area (Å²) >= 11 is 0. The molecule has 0 saturated heterocycles. The van der Waals surface area contributed by atoms with Crippen LogP contribution in [-0.4, -0.2) is 73.4 Å². The number of quaternary nitrogens is 1. The number of carbonyl (C=O) groups excluding carboxylic acids is 1. The average Bonchev–Trinajstić information content (AvgIpc) is 3.70. The Balaban J connectivity index is 4.11. The minimum atomic E-state index is -4.35. The van der Waals surface area contributed by atoms with Crippen LogP contribution in [0.3, 0.4) is 0 Å². The molecule has 3 unspecified atom stereocenters. The smallest absolute Gasteiger partial charge is 0.391 e. The minimum absolute atomic E-state index is 0.0661. The third-order valence-corrected chi connectivity index (χ3v) is 17.2. The van der Waals surface area contributed by atoms with Gasteiger partial charge < -0.3 is 19.8 Å². The normalized spacial score (nSPS) is 14.3. The predicted molar refractivity (Wildman–Crippen MR) is 387 cm³/mol. The molecular weight excluding hydrogens is 1100 g/mol. The second kappa shape index (κ2) is 68.3. The van der Waals surface area contributed by atoms with Crippen LogP contribution in [0, 0.1) is 0 Å². The Kier molecular flexibility index (Phi) is 65.9. The van der Waals surface area contributed by atoms with Gasteiger partial charge in [0.25, 0.3) is 0 Å². The highest BCUT2D eigenvalue weighted by Gasteiger charge is 2.28. The second-order valence-electron chi connectivity index (χ2n) is 25.9. The van der Waals surface area contributed by atoms with Crippen molar-refractivity contribution in [2.45, 2.75) is 334 Å². The lowest BCUT2D eigenvalue weighted by Gasteiger charge is -2.26. The fourth-order valence-corrected chi connectivity index (χ4v) is 11.3. The maximum atomic E-state index is 13.1. The number of likely N-dealkylation sites (N-methyl/N-ethyl adjacent to an activating group) is 1. The van der Waals surface area contributed by atoms with Crippen LogP contribution in [0.4, 0.5) is 0 Å². The van der Waals surface area contributed by atoms with E-state index >= 15 is 0 Å². The molecule has 0 rings (SSSR count). The number of nitrogens with one attached hydrogen (secondary N) is 1. The summed E-state index contributed by atoms with van der Waals surface area (Å²) in [7, 11) is 1.60. The quantitative estimate of drug-likeness (QED) is 0.0243. The number of rotatable bonds is 67. The zero-order valence-electron chi connectivity index (χ0n) is 58.2. The van der Waals surface area contributed by atoms with Crippen LogP contribution in [0.1, 0.15) is 322 Å². The van der Waals surface area contributed by atoms with Crippen LogP contribution in [0.5, 0.6) is 0 Å². The lowest BCUT2D eigenvalue weighted by Crippen LogP contribution is -2.46. The van der Waals surface area contributed by atoms with Crippen molar-refractivity contribution in [2.75, 3.05) is 40.9 Å². The van der Waals surface area contributed by atoms with Gasteiger partial charge >= 0.3 is 7.82 Å². The fourth-order valence-electron chi connectivity index (χ4n) is 10.5. The largest absolute Gasteiger partial charge is 0.472 e. The van der Waals surface area contributed by atoms with E-state index in [-0.39, 0.29) is 19.1 Å². The van der Waals surface area contributed by atoms with Gasteiger partial charge in [0.15, 0.2) is 0 Å². The molecule has 0 aliphatic rings. The zero-order chi connectivity index (χ0) is 64.1. The maximum absolute atomic E-state index is 13.1. The highest BCUT2D eigenvalue weighted by atomic mass is 31.2. The molecule has 0 aliphatic heterocycles. The number of nitrogens with zero attached hydrogens (tertiary/aromatic N) is 1. The van der Waals surface area contributed by atoms with E-state index < -0.39 is 20.0 Å². The number of aliphatic hydroxyl groups excluding tert-OH is 1. The molecule has 3 N–H and O–H groups in total. The van der Waals surface area contributed by atoms with Gasteiger partial charge in [0.1, 0.15) is 13.2 Å². The van der Waals surface area contributed by atoms with Crippen LogP contribution in [0.25, 0.3) is 0 Å². The number of carbonyl (C=O) groups is 1. The van der Waals surface area contributed by atoms with E-state index in [4.69, 9.17) is 9.05 Å². The van der Waals surface area contributed by atoms with Gasteiger partial charge in [0.05, 0.1) is 39.9 Å². The Morgan fingerprint density at radius 2 is 0.682 bits per heavy atom. The van der Waals surface area contributed by atoms with Gasteiger partial charge in [-0.1, -0.05) is 347 Å². The van der Waals surface area contributed by atoms with E-state index in [2.05, 4.69) is 141 Å². The van der Waals surface area contributed by atoms with Crippen LogP contribution < -0.4 is 5.32 Å². The van der Waals surface area contributed by atoms with E-state index in [1.807, 2.05) is 21.1 Å². The number of allylic oxidation sites excluding steroid dienone is 20. The first-order valence-electron chi connectivity index (χ1n) is 36.9. The number of hydrogen-bond donors (Lipinski definition) is 3. The molecule has 0 heterocycles. The Bertz CT molecular complexity index is 1850. The Labute approximate surface area is 545 Å². The number of phosphoric ester groups is 1. The predicted octanol–water partition coefficient (Wildman–Crippen LogP) is 24.0. The molecule has 508 valence electrons. The van der Waals surface area contributed by atoms with Crippen molar-refractivity contribution in [1.29, 1.82) is 0 Å². The van der Waals surface area contributed by atoms with Crippen LogP contribution in [0.2, 0.25) is 0 Å². The Morgan fingerprint density at radius 3 is 1.00 bits per heavy atom. The molecule has 88 heavy (non-hydrogen) atoms. The molecule has 0 aliphatic carbocycles. The standard InChI is InChI=1S/C79H141N2O6P/c1-6-8-10-12-14-16-18-20-22-24-26-28-30-32-34-36-37-38-39-40-41-42-43-45-47-49-51-53-55-57-59-61-63-65-67-69-71-73-79(83)80-77(76-87-88(84,85)86-75-74-81(3,4)5)78(82)72-70-68-66-64-62-60-58-56-54-52-50-48-46-44-35-33-31-29-27-25-23-21-19-17-15-13-11-9-7-2/h8,10,14,16,20,22,26,28,32,34,37-38,40-41,43,45,49,51,55,57,77-78,82H,6-7,9,11-13,15,17-19,21,23-25,27,29-31,33,35-36,39,42,44,46-48,50,52-54,56,58-76H2,1-5H3,(H-,80,83,84,85)/p+1/b10-8-,16-14-,22-20-,28-26-,34-32-,38-37-,41-40-,45-43-,51-49-,57-55-. The average molecular weight is 1250 g/mol. The molecule has 0 aromatic heterocycles. The third kappa shape index (κ3) is 70.4. The monoisotopic (exact) mass is 1250 g/mol. The van der Waals surface area contributed by atoms with Crippen molar-refractivity contribution in [2.24, 2.45) is 0 Å². The van der Waals surface area contributed by atoms with Gasteiger partial charge in [0, 0.05) is 6.42 Å². The summed E-state index contributed by atoms with van der Waals surface area (Å²) in [6.07, 6.45) is 102. The molecule has 0 fully saturated rings. The molecule has 0 spiro atoms. The zero-order valence-corrected chi connectivity index (χ0v) is 59.1. The van der Waals surface area contributed by atoms with Crippen molar-refractivity contribution in [3.05, 3.63) is 122 Å². The van der Waals surface area contributed by atoms with Gasteiger partial charge in [-0.15, -0.1) is 0 Å². The Morgan fingerprint density at radius 1 is 0.398 bits per heavy atom. The summed E-state index contributed by atoms with van der Waals surface area (Å²) in [6, 6.07) is -0.780.